The fourth-order valence-corrected chi connectivity index (χ4v) is 3.75. The van der Waals surface area contributed by atoms with Crippen LogP contribution in [0.2, 0.25) is 0 Å². The highest BCUT2D eigenvalue weighted by Gasteiger charge is 2.49. The van der Waals surface area contributed by atoms with E-state index >= 15 is 0 Å². The lowest BCUT2D eigenvalue weighted by Gasteiger charge is -2.41. The zero-order valence-electron chi connectivity index (χ0n) is 12.8. The highest BCUT2D eigenvalue weighted by atomic mass is 15.3. The fraction of sp³-hybridized carbons (Fsp3) is 1.00. The summed E-state index contributed by atoms with van der Waals surface area (Å²) in [4.78, 5) is 5.53. The Labute approximate surface area is 118 Å². The van der Waals surface area contributed by atoms with E-state index in [-0.39, 0.29) is 0 Å². The van der Waals surface area contributed by atoms with Gasteiger partial charge in [0.05, 0.1) is 0 Å². The standard InChI is InChI=1S/C16H31N3/c1-13(2)7-9-19(15-5-6-15)16(11-17)8-10-18(12-16)14-3-4-14/h13-15H,3-12,17H2,1-2H3. The molecule has 1 aliphatic heterocycles. The largest absolute Gasteiger partial charge is 0.329 e. The van der Waals surface area contributed by atoms with Crippen molar-refractivity contribution in [3.05, 3.63) is 0 Å². The van der Waals surface area contributed by atoms with E-state index in [4.69, 9.17) is 5.73 Å². The molecule has 1 atom stereocenters. The van der Waals surface area contributed by atoms with Crippen LogP contribution in [0.4, 0.5) is 0 Å². The van der Waals surface area contributed by atoms with Gasteiger partial charge < -0.3 is 5.73 Å². The van der Waals surface area contributed by atoms with E-state index in [1.54, 1.807) is 0 Å². The lowest BCUT2D eigenvalue weighted by Crippen LogP contribution is -2.57. The van der Waals surface area contributed by atoms with Crippen LogP contribution >= 0.6 is 0 Å². The topological polar surface area (TPSA) is 32.5 Å². The molecular weight excluding hydrogens is 234 g/mol. The molecule has 0 aromatic heterocycles. The van der Waals surface area contributed by atoms with Gasteiger partial charge in [-0.25, -0.2) is 0 Å². The van der Waals surface area contributed by atoms with Crippen molar-refractivity contribution in [2.45, 2.75) is 70.0 Å². The SMILES string of the molecule is CC(C)CCN(C1CC1)C1(CN)CCN(C2CC2)C1. The summed E-state index contributed by atoms with van der Waals surface area (Å²) in [5.74, 6) is 0.803. The van der Waals surface area contributed by atoms with Crippen molar-refractivity contribution in [2.24, 2.45) is 11.7 Å². The first-order valence-electron chi connectivity index (χ1n) is 8.35. The Morgan fingerprint density at radius 3 is 2.53 bits per heavy atom. The Morgan fingerprint density at radius 1 is 1.26 bits per heavy atom. The van der Waals surface area contributed by atoms with Crippen molar-refractivity contribution >= 4 is 0 Å². The summed E-state index contributed by atoms with van der Waals surface area (Å²) in [7, 11) is 0. The Bertz CT molecular complexity index is 309. The molecule has 3 nitrogen and oxygen atoms in total. The molecule has 19 heavy (non-hydrogen) atoms. The van der Waals surface area contributed by atoms with Crippen molar-refractivity contribution in [3.8, 4) is 0 Å². The second-order valence-electron chi connectivity index (χ2n) is 7.49. The zero-order valence-corrected chi connectivity index (χ0v) is 12.8. The van der Waals surface area contributed by atoms with E-state index < -0.39 is 0 Å². The molecule has 110 valence electrons. The van der Waals surface area contributed by atoms with E-state index in [1.807, 2.05) is 0 Å². The van der Waals surface area contributed by atoms with E-state index in [1.165, 1.54) is 58.2 Å². The molecule has 3 fully saturated rings. The van der Waals surface area contributed by atoms with Gasteiger partial charge in [0.15, 0.2) is 0 Å². The third-order valence-electron chi connectivity index (χ3n) is 5.35. The minimum Gasteiger partial charge on any atom is -0.329 e. The summed E-state index contributed by atoms with van der Waals surface area (Å²) in [5.41, 5.74) is 6.56. The van der Waals surface area contributed by atoms with Gasteiger partial charge in [-0.2, -0.15) is 0 Å². The van der Waals surface area contributed by atoms with Gasteiger partial charge in [-0.05, 0) is 51.0 Å². The molecule has 0 spiro atoms. The van der Waals surface area contributed by atoms with Crippen molar-refractivity contribution in [3.63, 3.8) is 0 Å². The van der Waals surface area contributed by atoms with Crippen molar-refractivity contribution < 1.29 is 0 Å². The average molecular weight is 265 g/mol. The zero-order chi connectivity index (χ0) is 13.5. The molecule has 3 rings (SSSR count). The lowest BCUT2D eigenvalue weighted by atomic mass is 9.94. The third kappa shape index (κ3) is 2.98. The van der Waals surface area contributed by atoms with E-state index in [9.17, 15) is 0 Å². The number of hydrogen-bond donors (Lipinski definition) is 1. The smallest absolute Gasteiger partial charge is 0.0473 e. The second kappa shape index (κ2) is 5.34. The van der Waals surface area contributed by atoms with Crippen LogP contribution in [0, 0.1) is 5.92 Å². The van der Waals surface area contributed by atoms with Gasteiger partial charge >= 0.3 is 0 Å². The molecule has 2 saturated carbocycles. The number of hydrogen-bond acceptors (Lipinski definition) is 3. The lowest BCUT2D eigenvalue weighted by molar-refractivity contribution is 0.0832. The van der Waals surface area contributed by atoms with Crippen molar-refractivity contribution in [1.29, 1.82) is 0 Å². The molecule has 3 aliphatic rings. The van der Waals surface area contributed by atoms with Crippen LogP contribution in [0.1, 0.15) is 52.4 Å². The molecule has 0 aromatic rings. The summed E-state index contributed by atoms with van der Waals surface area (Å²) in [6, 6.07) is 1.75. The maximum absolute atomic E-state index is 6.26. The summed E-state index contributed by atoms with van der Waals surface area (Å²) in [5, 5.41) is 0. The molecule has 1 saturated heterocycles. The number of likely N-dealkylation sites (tertiary alicyclic amines) is 1. The molecular formula is C16H31N3. The summed E-state index contributed by atoms with van der Waals surface area (Å²) in [6.07, 6.45) is 8.29. The Morgan fingerprint density at radius 2 is 2.00 bits per heavy atom. The predicted octanol–water partition coefficient (Wildman–Crippen LogP) is 2.06. The molecule has 3 heteroatoms. The van der Waals surface area contributed by atoms with Crippen LogP contribution in [0.5, 0.6) is 0 Å². The first-order chi connectivity index (χ1) is 9.14. The first-order valence-corrected chi connectivity index (χ1v) is 8.35. The van der Waals surface area contributed by atoms with Gasteiger partial charge in [0.25, 0.3) is 0 Å². The highest BCUT2D eigenvalue weighted by molar-refractivity contribution is 5.07. The summed E-state index contributed by atoms with van der Waals surface area (Å²) >= 11 is 0. The minimum atomic E-state index is 0.304. The van der Waals surface area contributed by atoms with Gasteiger partial charge in [-0.3, -0.25) is 9.80 Å². The monoisotopic (exact) mass is 265 g/mol. The van der Waals surface area contributed by atoms with Crippen molar-refractivity contribution in [2.75, 3.05) is 26.2 Å². The third-order valence-corrected chi connectivity index (χ3v) is 5.35. The number of nitrogens with zero attached hydrogens (tertiary/aromatic N) is 2. The predicted molar refractivity (Wildman–Crippen MR) is 80.2 cm³/mol. The van der Waals surface area contributed by atoms with Gasteiger partial charge in [0.1, 0.15) is 0 Å². The average Bonchev–Trinajstić information content (AvgIpc) is 3.28. The Balaban J connectivity index is 1.67. The minimum absolute atomic E-state index is 0.304. The summed E-state index contributed by atoms with van der Waals surface area (Å²) < 4.78 is 0. The van der Waals surface area contributed by atoms with Gasteiger partial charge in [0, 0.05) is 37.3 Å². The Kier molecular flexibility index (Phi) is 3.89. The first kappa shape index (κ1) is 13.8. The van der Waals surface area contributed by atoms with Gasteiger partial charge in [-0.1, -0.05) is 13.8 Å². The van der Waals surface area contributed by atoms with Crippen molar-refractivity contribution in [1.82, 2.24) is 9.80 Å². The van der Waals surface area contributed by atoms with Gasteiger partial charge in [0.2, 0.25) is 0 Å². The number of rotatable bonds is 7. The molecule has 0 aromatic carbocycles. The van der Waals surface area contributed by atoms with E-state index in [2.05, 4.69) is 23.6 Å². The quantitative estimate of drug-likeness (QED) is 0.765. The van der Waals surface area contributed by atoms with Crippen LogP contribution in [-0.4, -0.2) is 53.6 Å². The van der Waals surface area contributed by atoms with Crippen LogP contribution in [-0.2, 0) is 0 Å². The van der Waals surface area contributed by atoms with Crippen LogP contribution in [0.15, 0.2) is 0 Å². The molecule has 2 aliphatic carbocycles. The molecule has 1 unspecified atom stereocenters. The molecule has 0 bridgehead atoms. The van der Waals surface area contributed by atoms with E-state index in [0.29, 0.717) is 5.54 Å². The van der Waals surface area contributed by atoms with E-state index in [0.717, 1.165) is 24.5 Å². The van der Waals surface area contributed by atoms with Crippen LogP contribution < -0.4 is 5.73 Å². The van der Waals surface area contributed by atoms with Crippen LogP contribution in [0.25, 0.3) is 0 Å². The maximum Gasteiger partial charge on any atom is 0.0473 e. The fourth-order valence-electron chi connectivity index (χ4n) is 3.75. The van der Waals surface area contributed by atoms with Gasteiger partial charge in [-0.15, -0.1) is 0 Å². The molecule has 0 radical (unpaired) electrons. The highest BCUT2D eigenvalue weighted by Crippen LogP contribution is 2.40. The number of nitrogens with two attached hydrogens (primary N) is 1. The summed E-state index contributed by atoms with van der Waals surface area (Å²) in [6.45, 7) is 9.31. The second-order valence-corrected chi connectivity index (χ2v) is 7.49. The normalized spacial score (nSPS) is 32.7. The molecule has 0 amide bonds. The van der Waals surface area contributed by atoms with Crippen LogP contribution in [0.3, 0.4) is 0 Å². The molecule has 1 heterocycles. The maximum atomic E-state index is 6.26. The Hall–Kier alpha value is -0.120. The molecule has 2 N–H and O–H groups in total.